The maximum atomic E-state index is 3.83. The van der Waals surface area contributed by atoms with Gasteiger partial charge in [-0.3, -0.25) is 0 Å². The van der Waals surface area contributed by atoms with Gasteiger partial charge in [0.2, 0.25) is 0 Å². The van der Waals surface area contributed by atoms with Gasteiger partial charge in [-0.1, -0.05) is 40.0 Å². The fraction of sp³-hybridized carbons (Fsp3) is 0.778. The Morgan fingerprint density at radius 2 is 2.22 bits per heavy atom. The second-order valence-electron chi connectivity index (χ2n) is 2.64. The maximum Gasteiger partial charge on any atom is -0.0358 e. The van der Waals surface area contributed by atoms with Crippen molar-refractivity contribution in [2.24, 2.45) is 5.92 Å². The molecule has 0 aromatic rings. The predicted octanol–water partition coefficient (Wildman–Crippen LogP) is 3.24. The molecule has 54 valence electrons. The minimum atomic E-state index is 0.719. The van der Waals surface area contributed by atoms with Crippen molar-refractivity contribution in [3.8, 4) is 0 Å². The van der Waals surface area contributed by atoms with Gasteiger partial charge in [0.25, 0.3) is 0 Å². The van der Waals surface area contributed by atoms with E-state index < -0.39 is 0 Å². The minimum Gasteiger partial charge on any atom is -0.0654 e. The molecule has 0 spiro atoms. The number of unbranched alkanes of at least 4 members (excludes halogenated alkanes) is 2. The summed E-state index contributed by atoms with van der Waals surface area (Å²) in [6.45, 7) is 8.28. The van der Waals surface area contributed by atoms with Gasteiger partial charge in [-0.25, -0.2) is 0 Å². The Morgan fingerprint density at radius 1 is 1.56 bits per heavy atom. The average Bonchev–Trinajstić information content (AvgIpc) is 1.89. The average molecular weight is 126 g/mol. The van der Waals surface area contributed by atoms with E-state index in [1.807, 2.05) is 0 Å². The van der Waals surface area contributed by atoms with Crippen molar-refractivity contribution in [3.63, 3.8) is 0 Å². The molecule has 0 aromatic carbocycles. The van der Waals surface area contributed by atoms with Gasteiger partial charge in [-0.2, -0.15) is 0 Å². The van der Waals surface area contributed by atoms with Crippen LogP contribution in [-0.2, 0) is 0 Å². The van der Waals surface area contributed by atoms with Crippen LogP contribution >= 0.6 is 0 Å². The Morgan fingerprint density at radius 3 is 2.67 bits per heavy atom. The largest absolute Gasteiger partial charge is 0.0654 e. The van der Waals surface area contributed by atoms with Crippen LogP contribution < -0.4 is 0 Å². The molecule has 0 aliphatic carbocycles. The van der Waals surface area contributed by atoms with E-state index in [0.29, 0.717) is 0 Å². The van der Waals surface area contributed by atoms with Crippen LogP contribution in [0.2, 0.25) is 0 Å². The van der Waals surface area contributed by atoms with Crippen molar-refractivity contribution >= 4 is 0 Å². The van der Waals surface area contributed by atoms with Crippen molar-refractivity contribution in [1.29, 1.82) is 0 Å². The fourth-order valence-corrected chi connectivity index (χ4v) is 0.724. The molecule has 0 N–H and O–H groups in total. The zero-order chi connectivity index (χ0) is 7.11. The normalized spacial score (nSPS) is 13.7. The van der Waals surface area contributed by atoms with Crippen LogP contribution in [0.25, 0.3) is 0 Å². The van der Waals surface area contributed by atoms with Crippen molar-refractivity contribution in [2.45, 2.75) is 39.5 Å². The summed E-state index contributed by atoms with van der Waals surface area (Å²) in [5.74, 6) is 0.719. The smallest absolute Gasteiger partial charge is 0.0358 e. The van der Waals surface area contributed by atoms with Crippen molar-refractivity contribution in [1.82, 2.24) is 0 Å². The molecule has 0 saturated carbocycles. The highest BCUT2D eigenvalue weighted by molar-refractivity contribution is 4.72. The summed E-state index contributed by atoms with van der Waals surface area (Å²) >= 11 is 0. The van der Waals surface area contributed by atoms with E-state index in [2.05, 4.69) is 27.2 Å². The zero-order valence-corrected chi connectivity index (χ0v) is 6.69. The third kappa shape index (κ3) is 5.88. The van der Waals surface area contributed by atoms with E-state index in [1.165, 1.54) is 19.3 Å². The monoisotopic (exact) mass is 126 g/mol. The van der Waals surface area contributed by atoms with Crippen molar-refractivity contribution in [3.05, 3.63) is 13.3 Å². The molecule has 9 heavy (non-hydrogen) atoms. The zero-order valence-electron chi connectivity index (χ0n) is 6.69. The first-order chi connectivity index (χ1) is 4.31. The molecule has 0 aliphatic heterocycles. The highest BCUT2D eigenvalue weighted by atomic mass is 14.0. The fourth-order valence-electron chi connectivity index (χ4n) is 0.724. The highest BCUT2D eigenvalue weighted by Gasteiger charge is 1.96. The van der Waals surface area contributed by atoms with Gasteiger partial charge >= 0.3 is 0 Å². The Bertz CT molecular complexity index is 48.0. The quantitative estimate of drug-likeness (QED) is 0.496. The SMILES string of the molecule is [CH2]CC(C)[CH]CCCC. The molecule has 1 unspecified atom stereocenters. The Balaban J connectivity index is 2.88. The predicted molar refractivity (Wildman–Crippen MR) is 43.0 cm³/mol. The molecule has 0 nitrogen and oxygen atoms in total. The molecule has 0 saturated heterocycles. The molecule has 2 radical (unpaired) electrons. The molecule has 0 rings (SSSR count). The first kappa shape index (κ1) is 9.00. The maximum absolute atomic E-state index is 3.83. The van der Waals surface area contributed by atoms with Crippen LogP contribution in [0.1, 0.15) is 39.5 Å². The minimum absolute atomic E-state index is 0.719. The molecule has 0 bridgehead atoms. The first-order valence-corrected chi connectivity index (χ1v) is 3.93. The van der Waals surface area contributed by atoms with Gasteiger partial charge in [0.1, 0.15) is 0 Å². The van der Waals surface area contributed by atoms with Crippen molar-refractivity contribution in [2.75, 3.05) is 0 Å². The van der Waals surface area contributed by atoms with Gasteiger partial charge in [0.05, 0.1) is 0 Å². The summed E-state index contributed by atoms with van der Waals surface area (Å²) in [6, 6.07) is 0. The molecule has 0 heterocycles. The second kappa shape index (κ2) is 6.12. The highest BCUT2D eigenvalue weighted by Crippen LogP contribution is 2.09. The third-order valence-corrected chi connectivity index (χ3v) is 1.58. The van der Waals surface area contributed by atoms with Gasteiger partial charge in [0, 0.05) is 0 Å². The van der Waals surface area contributed by atoms with Crippen LogP contribution in [0.5, 0.6) is 0 Å². The molecular weight excluding hydrogens is 108 g/mol. The summed E-state index contributed by atoms with van der Waals surface area (Å²) in [4.78, 5) is 0. The number of hydrogen-bond donors (Lipinski definition) is 0. The third-order valence-electron chi connectivity index (χ3n) is 1.58. The Kier molecular flexibility index (Phi) is 6.12. The molecule has 0 heteroatoms. The molecule has 0 amide bonds. The van der Waals surface area contributed by atoms with Gasteiger partial charge in [0.15, 0.2) is 0 Å². The second-order valence-corrected chi connectivity index (χ2v) is 2.64. The lowest BCUT2D eigenvalue weighted by atomic mass is 10.0. The van der Waals surface area contributed by atoms with E-state index in [9.17, 15) is 0 Å². The molecular formula is C9H18. The van der Waals surface area contributed by atoms with Gasteiger partial charge in [-0.05, 0) is 18.8 Å². The van der Waals surface area contributed by atoms with E-state index in [1.54, 1.807) is 0 Å². The molecule has 0 fully saturated rings. The van der Waals surface area contributed by atoms with Crippen LogP contribution in [0, 0.1) is 19.3 Å². The van der Waals surface area contributed by atoms with Crippen LogP contribution in [0.15, 0.2) is 0 Å². The summed E-state index contributed by atoms with van der Waals surface area (Å²) in [5.41, 5.74) is 0. The van der Waals surface area contributed by atoms with Crippen molar-refractivity contribution < 1.29 is 0 Å². The lowest BCUT2D eigenvalue weighted by Gasteiger charge is -2.05. The number of hydrogen-bond acceptors (Lipinski definition) is 0. The van der Waals surface area contributed by atoms with Crippen LogP contribution in [-0.4, -0.2) is 0 Å². The van der Waals surface area contributed by atoms with Gasteiger partial charge in [-0.15, -0.1) is 0 Å². The summed E-state index contributed by atoms with van der Waals surface area (Å²) in [5, 5.41) is 0. The topological polar surface area (TPSA) is 0 Å². The van der Waals surface area contributed by atoms with Crippen LogP contribution in [0.4, 0.5) is 0 Å². The molecule has 0 aliphatic rings. The van der Waals surface area contributed by atoms with E-state index in [4.69, 9.17) is 0 Å². The number of rotatable bonds is 5. The Hall–Kier alpha value is 0. The Labute approximate surface area is 59.7 Å². The summed E-state index contributed by atoms with van der Waals surface area (Å²) < 4.78 is 0. The van der Waals surface area contributed by atoms with Gasteiger partial charge < -0.3 is 0 Å². The lowest BCUT2D eigenvalue weighted by Crippen LogP contribution is -1.92. The first-order valence-electron chi connectivity index (χ1n) is 3.93. The van der Waals surface area contributed by atoms with E-state index in [0.717, 1.165) is 12.3 Å². The van der Waals surface area contributed by atoms with E-state index in [-0.39, 0.29) is 0 Å². The molecule has 0 aromatic heterocycles. The van der Waals surface area contributed by atoms with Crippen LogP contribution in [0.3, 0.4) is 0 Å². The standard InChI is InChI=1S/C9H18/c1-4-6-7-8-9(3)5-2/h8-9H,2,4-7H2,1,3H3. The lowest BCUT2D eigenvalue weighted by molar-refractivity contribution is 0.622. The summed E-state index contributed by atoms with van der Waals surface area (Å²) in [6.07, 6.45) is 7.33. The summed E-state index contributed by atoms with van der Waals surface area (Å²) in [7, 11) is 0. The van der Waals surface area contributed by atoms with E-state index >= 15 is 0 Å². The molecule has 1 atom stereocenters.